The molecule has 8 nitrogen and oxygen atoms in total. The number of nitrogens with zero attached hydrogens (tertiary/aromatic N) is 1. The lowest BCUT2D eigenvalue weighted by atomic mass is 10.1. The maximum atomic E-state index is 11.8. The van der Waals surface area contributed by atoms with Gasteiger partial charge in [0.15, 0.2) is 0 Å². The average Bonchev–Trinajstić information content (AvgIpc) is 2.49. The maximum Gasteiger partial charge on any atom is 0.326 e. The first-order chi connectivity index (χ1) is 10.7. The van der Waals surface area contributed by atoms with E-state index in [2.05, 4.69) is 15.0 Å². The van der Waals surface area contributed by atoms with Crippen LogP contribution in [-0.2, 0) is 26.0 Å². The van der Waals surface area contributed by atoms with Crippen LogP contribution in [0.2, 0.25) is 0 Å². The molecule has 128 valence electrons. The van der Waals surface area contributed by atoms with Gasteiger partial charge in [0, 0.05) is 18.3 Å². The van der Waals surface area contributed by atoms with Crippen LogP contribution in [-0.4, -0.2) is 48.7 Å². The second-order valence-electron chi connectivity index (χ2n) is 5.34. The Hall–Kier alpha value is -2.00. The Labute approximate surface area is 135 Å². The molecule has 0 unspecified atom stereocenters. The number of hydrogen-bond acceptors (Lipinski definition) is 5. The number of hydrogen-bond donors (Lipinski definition) is 3. The monoisotopic (exact) mass is 343 g/mol. The third kappa shape index (κ3) is 7.20. The third-order valence-corrected chi connectivity index (χ3v) is 4.38. The average molecular weight is 343 g/mol. The second kappa shape index (κ2) is 8.59. The number of aromatic nitrogens is 1. The van der Waals surface area contributed by atoms with E-state index in [0.717, 1.165) is 0 Å². The van der Waals surface area contributed by atoms with Crippen LogP contribution < -0.4 is 10.0 Å². The van der Waals surface area contributed by atoms with E-state index in [0.29, 0.717) is 5.69 Å². The minimum atomic E-state index is -3.65. The van der Waals surface area contributed by atoms with Crippen molar-refractivity contribution >= 4 is 21.9 Å². The normalized spacial score (nSPS) is 12.8. The third-order valence-electron chi connectivity index (χ3n) is 3.05. The molecular formula is C14H21N3O5S. The first-order valence-electron chi connectivity index (χ1n) is 7.10. The fourth-order valence-electron chi connectivity index (χ4n) is 1.77. The number of amides is 1. The van der Waals surface area contributed by atoms with Gasteiger partial charge in [0.1, 0.15) is 6.04 Å². The summed E-state index contributed by atoms with van der Waals surface area (Å²) in [6.45, 7) is 2.80. The van der Waals surface area contributed by atoms with Gasteiger partial charge in [0.05, 0.1) is 12.3 Å². The van der Waals surface area contributed by atoms with Crippen molar-refractivity contribution in [2.75, 3.05) is 12.3 Å². The molecule has 1 aromatic heterocycles. The molecule has 0 saturated heterocycles. The summed E-state index contributed by atoms with van der Waals surface area (Å²) in [5, 5.41) is 11.3. The molecule has 23 heavy (non-hydrogen) atoms. The number of carboxylic acids is 1. The quantitative estimate of drug-likeness (QED) is 0.569. The van der Waals surface area contributed by atoms with E-state index < -0.39 is 34.5 Å². The molecule has 1 amide bonds. The van der Waals surface area contributed by atoms with Gasteiger partial charge in [-0.3, -0.25) is 9.78 Å². The van der Waals surface area contributed by atoms with Crippen molar-refractivity contribution in [1.29, 1.82) is 0 Å². The SMILES string of the molecule is CC(C)[C@H](NC(=O)CNS(=O)(=O)CCc1ccccn1)C(=O)O. The zero-order valence-corrected chi connectivity index (χ0v) is 13.8. The van der Waals surface area contributed by atoms with E-state index in [1.165, 1.54) is 0 Å². The van der Waals surface area contributed by atoms with E-state index in [-0.39, 0.29) is 18.1 Å². The molecule has 0 aliphatic rings. The molecule has 1 atom stereocenters. The van der Waals surface area contributed by atoms with Gasteiger partial charge in [-0.05, 0) is 18.1 Å². The highest BCUT2D eigenvalue weighted by atomic mass is 32.2. The Kier molecular flexibility index (Phi) is 7.11. The number of aryl methyl sites for hydroxylation is 1. The van der Waals surface area contributed by atoms with Crippen molar-refractivity contribution in [3.8, 4) is 0 Å². The van der Waals surface area contributed by atoms with Gasteiger partial charge in [-0.15, -0.1) is 0 Å². The van der Waals surface area contributed by atoms with E-state index in [1.54, 1.807) is 38.2 Å². The van der Waals surface area contributed by atoms with Gasteiger partial charge in [-0.2, -0.15) is 0 Å². The smallest absolute Gasteiger partial charge is 0.326 e. The second-order valence-corrected chi connectivity index (χ2v) is 7.26. The van der Waals surface area contributed by atoms with Crippen LogP contribution in [0.15, 0.2) is 24.4 Å². The van der Waals surface area contributed by atoms with Crippen LogP contribution in [0.3, 0.4) is 0 Å². The zero-order valence-electron chi connectivity index (χ0n) is 13.0. The molecule has 0 aliphatic carbocycles. The minimum absolute atomic E-state index is 0.205. The molecule has 0 aliphatic heterocycles. The zero-order chi connectivity index (χ0) is 17.5. The highest BCUT2D eigenvalue weighted by Gasteiger charge is 2.23. The van der Waals surface area contributed by atoms with Crippen molar-refractivity contribution in [1.82, 2.24) is 15.0 Å². The predicted molar refractivity (Wildman–Crippen MR) is 84.1 cm³/mol. The Morgan fingerprint density at radius 2 is 2.00 bits per heavy atom. The van der Waals surface area contributed by atoms with Crippen LogP contribution in [0.4, 0.5) is 0 Å². The van der Waals surface area contributed by atoms with Gasteiger partial charge >= 0.3 is 5.97 Å². The van der Waals surface area contributed by atoms with Crippen molar-refractivity contribution in [2.45, 2.75) is 26.3 Å². The molecule has 0 saturated carbocycles. The number of pyridine rings is 1. The predicted octanol–water partition coefficient (Wildman–Crippen LogP) is -0.231. The van der Waals surface area contributed by atoms with Crippen molar-refractivity contribution in [3.63, 3.8) is 0 Å². The summed E-state index contributed by atoms with van der Waals surface area (Å²) in [6, 6.07) is 4.14. The maximum absolute atomic E-state index is 11.8. The number of sulfonamides is 1. The fourth-order valence-corrected chi connectivity index (χ4v) is 2.74. The van der Waals surface area contributed by atoms with E-state index in [9.17, 15) is 18.0 Å². The number of aliphatic carboxylic acids is 1. The van der Waals surface area contributed by atoms with Crippen LogP contribution in [0, 0.1) is 5.92 Å². The standard InChI is InChI=1S/C14H21N3O5S/c1-10(2)13(14(19)20)17-12(18)9-16-23(21,22)8-6-11-5-3-4-7-15-11/h3-5,7,10,13,16H,6,8-9H2,1-2H3,(H,17,18)(H,19,20)/t13-/m0/s1. The summed E-state index contributed by atoms with van der Waals surface area (Å²) in [7, 11) is -3.65. The molecule has 3 N–H and O–H groups in total. The number of carbonyl (C=O) groups excluding carboxylic acids is 1. The summed E-state index contributed by atoms with van der Waals surface area (Å²) in [4.78, 5) is 26.7. The number of carbonyl (C=O) groups is 2. The highest BCUT2D eigenvalue weighted by molar-refractivity contribution is 7.89. The molecule has 0 aromatic carbocycles. The Balaban J connectivity index is 2.46. The Morgan fingerprint density at radius 3 is 2.52 bits per heavy atom. The number of nitrogens with one attached hydrogen (secondary N) is 2. The van der Waals surface area contributed by atoms with Crippen LogP contribution >= 0.6 is 0 Å². The van der Waals surface area contributed by atoms with Crippen molar-refractivity contribution in [3.05, 3.63) is 30.1 Å². The molecular weight excluding hydrogens is 322 g/mol. The summed E-state index contributed by atoms with van der Waals surface area (Å²) in [5.74, 6) is -2.36. The first-order valence-corrected chi connectivity index (χ1v) is 8.76. The van der Waals surface area contributed by atoms with E-state index in [1.807, 2.05) is 0 Å². The summed E-state index contributed by atoms with van der Waals surface area (Å²) < 4.78 is 25.8. The van der Waals surface area contributed by atoms with E-state index >= 15 is 0 Å². The lowest BCUT2D eigenvalue weighted by molar-refractivity contribution is -0.142. The molecule has 0 spiro atoms. The fraction of sp³-hybridized carbons (Fsp3) is 0.500. The summed E-state index contributed by atoms with van der Waals surface area (Å²) in [6.07, 6.45) is 1.79. The van der Waals surface area contributed by atoms with Crippen LogP contribution in [0.25, 0.3) is 0 Å². The van der Waals surface area contributed by atoms with Gasteiger partial charge in [0.25, 0.3) is 0 Å². The van der Waals surface area contributed by atoms with Crippen molar-refractivity contribution < 1.29 is 23.1 Å². The highest BCUT2D eigenvalue weighted by Crippen LogP contribution is 2.01. The molecule has 0 fully saturated rings. The molecule has 1 heterocycles. The molecule has 0 bridgehead atoms. The lowest BCUT2D eigenvalue weighted by Crippen LogP contribution is -2.48. The molecule has 1 aromatic rings. The van der Waals surface area contributed by atoms with Crippen LogP contribution in [0.1, 0.15) is 19.5 Å². The minimum Gasteiger partial charge on any atom is -0.480 e. The summed E-state index contributed by atoms with van der Waals surface area (Å²) >= 11 is 0. The Morgan fingerprint density at radius 1 is 1.30 bits per heavy atom. The largest absolute Gasteiger partial charge is 0.480 e. The first kappa shape index (κ1) is 19.0. The van der Waals surface area contributed by atoms with Gasteiger partial charge in [0.2, 0.25) is 15.9 Å². The molecule has 1 rings (SSSR count). The number of rotatable bonds is 9. The van der Waals surface area contributed by atoms with E-state index in [4.69, 9.17) is 5.11 Å². The molecule has 9 heteroatoms. The van der Waals surface area contributed by atoms with Gasteiger partial charge in [-0.25, -0.2) is 17.9 Å². The Bertz CT molecular complexity index is 631. The van der Waals surface area contributed by atoms with Crippen LogP contribution in [0.5, 0.6) is 0 Å². The van der Waals surface area contributed by atoms with Crippen molar-refractivity contribution in [2.24, 2.45) is 5.92 Å². The summed E-state index contributed by atoms with van der Waals surface area (Å²) in [5.41, 5.74) is 0.632. The van der Waals surface area contributed by atoms with Gasteiger partial charge < -0.3 is 10.4 Å². The topological polar surface area (TPSA) is 125 Å². The number of carboxylic acid groups (broad SMARTS) is 1. The lowest BCUT2D eigenvalue weighted by Gasteiger charge is -2.18. The van der Waals surface area contributed by atoms with Gasteiger partial charge in [-0.1, -0.05) is 19.9 Å². The molecule has 0 radical (unpaired) electrons.